The molecule has 0 N–H and O–H groups in total. The largest absolute Gasteiger partial charge is 0.490 e. The van der Waals surface area contributed by atoms with Gasteiger partial charge in [0.2, 0.25) is 0 Å². The maximum Gasteiger partial charge on any atom is 0.490 e. The molecular formula is C9H15F3O2S. The first-order valence-corrected chi connectivity index (χ1v) is 5.64. The molecule has 2 nitrogen and oxygen atoms in total. The second-order valence-electron chi connectivity index (χ2n) is 4.19. The van der Waals surface area contributed by atoms with Gasteiger partial charge in [0.25, 0.3) is 0 Å². The molecule has 1 atom stereocenters. The Morgan fingerprint density at radius 3 is 2.07 bits per heavy atom. The molecule has 90 valence electrons. The van der Waals surface area contributed by atoms with Crippen LogP contribution in [0.1, 0.15) is 20.8 Å². The molecule has 0 spiro atoms. The summed E-state index contributed by atoms with van der Waals surface area (Å²) in [6.07, 6.45) is -3.13. The molecule has 0 aromatic rings. The highest BCUT2D eigenvalue weighted by molar-refractivity contribution is 7.99. The van der Waals surface area contributed by atoms with Crippen molar-refractivity contribution in [2.45, 2.75) is 32.2 Å². The topological polar surface area (TPSA) is 26.3 Å². The first-order chi connectivity index (χ1) is 6.59. The SMILES string of the molecule is CSC(COC(=O)C(F)(F)F)C(C)(C)C. The molecule has 0 saturated heterocycles. The van der Waals surface area contributed by atoms with Gasteiger partial charge in [0.15, 0.2) is 0 Å². The third-order valence-corrected chi connectivity index (χ3v) is 3.26. The fourth-order valence-electron chi connectivity index (χ4n) is 0.905. The van der Waals surface area contributed by atoms with Crippen LogP contribution in [0, 0.1) is 5.41 Å². The summed E-state index contributed by atoms with van der Waals surface area (Å²) < 4.78 is 39.7. The van der Waals surface area contributed by atoms with Crippen LogP contribution in [0.15, 0.2) is 0 Å². The molecule has 0 aliphatic rings. The highest BCUT2D eigenvalue weighted by Crippen LogP contribution is 2.29. The average Bonchev–Trinajstić information content (AvgIpc) is 2.00. The molecule has 0 radical (unpaired) electrons. The Bertz CT molecular complexity index is 220. The van der Waals surface area contributed by atoms with Crippen LogP contribution in [-0.4, -0.2) is 30.3 Å². The standard InChI is InChI=1S/C9H15F3O2S/c1-8(2,3)6(15-4)5-14-7(13)9(10,11)12/h6H,5H2,1-4H3. The molecule has 0 fully saturated rings. The third-order valence-electron chi connectivity index (χ3n) is 1.85. The molecule has 0 rings (SSSR count). The fraction of sp³-hybridized carbons (Fsp3) is 0.889. The van der Waals surface area contributed by atoms with E-state index in [1.807, 2.05) is 20.8 Å². The first-order valence-electron chi connectivity index (χ1n) is 4.35. The van der Waals surface area contributed by atoms with E-state index >= 15 is 0 Å². The number of halogens is 3. The van der Waals surface area contributed by atoms with Crippen molar-refractivity contribution in [2.24, 2.45) is 5.41 Å². The summed E-state index contributed by atoms with van der Waals surface area (Å²) in [4.78, 5) is 10.5. The number of rotatable bonds is 3. The molecule has 0 aromatic carbocycles. The van der Waals surface area contributed by atoms with Crippen molar-refractivity contribution in [2.75, 3.05) is 12.9 Å². The lowest BCUT2D eigenvalue weighted by Gasteiger charge is -2.28. The molecule has 0 aliphatic heterocycles. The number of hydrogen-bond acceptors (Lipinski definition) is 3. The normalized spacial score (nSPS) is 14.9. The first kappa shape index (κ1) is 14.6. The number of ether oxygens (including phenoxy) is 1. The minimum absolute atomic E-state index is 0.149. The maximum absolute atomic E-state index is 11.8. The zero-order valence-corrected chi connectivity index (χ0v) is 9.96. The summed E-state index contributed by atoms with van der Waals surface area (Å²) >= 11 is 1.38. The van der Waals surface area contributed by atoms with Gasteiger partial charge >= 0.3 is 12.1 Å². The van der Waals surface area contributed by atoms with Gasteiger partial charge in [0.1, 0.15) is 6.61 Å². The predicted octanol–water partition coefficient (Wildman–Crippen LogP) is 2.87. The number of thioether (sulfide) groups is 1. The van der Waals surface area contributed by atoms with Gasteiger partial charge in [0, 0.05) is 5.25 Å². The second kappa shape index (κ2) is 5.09. The molecule has 6 heteroatoms. The van der Waals surface area contributed by atoms with Crippen LogP contribution in [0.25, 0.3) is 0 Å². The van der Waals surface area contributed by atoms with Crippen molar-refractivity contribution >= 4 is 17.7 Å². The van der Waals surface area contributed by atoms with Crippen LogP contribution < -0.4 is 0 Å². The summed E-state index contributed by atoms with van der Waals surface area (Å²) in [5.41, 5.74) is -0.203. The lowest BCUT2D eigenvalue weighted by atomic mass is 9.92. The Morgan fingerprint density at radius 2 is 1.80 bits per heavy atom. The van der Waals surface area contributed by atoms with Gasteiger partial charge in [-0.3, -0.25) is 0 Å². The van der Waals surface area contributed by atoms with E-state index in [9.17, 15) is 18.0 Å². The number of hydrogen-bond donors (Lipinski definition) is 0. The molecule has 0 aromatic heterocycles. The van der Waals surface area contributed by atoms with Crippen molar-refractivity contribution < 1.29 is 22.7 Å². The summed E-state index contributed by atoms with van der Waals surface area (Å²) in [7, 11) is 0. The molecule has 0 amide bonds. The minimum Gasteiger partial charge on any atom is -0.458 e. The van der Waals surface area contributed by atoms with Crippen LogP contribution >= 0.6 is 11.8 Å². The highest BCUT2D eigenvalue weighted by Gasteiger charge is 2.41. The van der Waals surface area contributed by atoms with E-state index in [0.29, 0.717) is 0 Å². The average molecular weight is 244 g/mol. The molecule has 1 unspecified atom stereocenters. The van der Waals surface area contributed by atoms with Crippen molar-refractivity contribution in [1.82, 2.24) is 0 Å². The van der Waals surface area contributed by atoms with Crippen molar-refractivity contribution in [3.63, 3.8) is 0 Å². The minimum atomic E-state index is -4.90. The summed E-state index contributed by atoms with van der Waals surface area (Å²) in [5.74, 6) is -2.12. The molecule has 0 saturated carbocycles. The van der Waals surface area contributed by atoms with Gasteiger partial charge in [-0.25, -0.2) is 4.79 Å². The monoisotopic (exact) mass is 244 g/mol. The molecule has 0 bridgehead atoms. The van der Waals surface area contributed by atoms with E-state index in [1.165, 1.54) is 11.8 Å². The third kappa shape index (κ3) is 5.30. The van der Waals surface area contributed by atoms with Crippen LogP contribution in [0.4, 0.5) is 13.2 Å². The number of carbonyl (C=O) groups excluding carboxylic acids is 1. The van der Waals surface area contributed by atoms with Crippen LogP contribution in [0.5, 0.6) is 0 Å². The van der Waals surface area contributed by atoms with Crippen molar-refractivity contribution in [1.29, 1.82) is 0 Å². The molecule has 15 heavy (non-hydrogen) atoms. The Balaban J connectivity index is 4.20. The highest BCUT2D eigenvalue weighted by atomic mass is 32.2. The number of alkyl halides is 3. The Morgan fingerprint density at radius 1 is 1.33 bits per heavy atom. The van der Waals surface area contributed by atoms with E-state index in [-0.39, 0.29) is 17.3 Å². The van der Waals surface area contributed by atoms with Gasteiger partial charge in [-0.15, -0.1) is 0 Å². The zero-order valence-electron chi connectivity index (χ0n) is 9.14. The van der Waals surface area contributed by atoms with Gasteiger partial charge < -0.3 is 4.74 Å². The van der Waals surface area contributed by atoms with E-state index in [4.69, 9.17) is 0 Å². The van der Waals surface area contributed by atoms with Gasteiger partial charge in [0.05, 0.1) is 0 Å². The lowest BCUT2D eigenvalue weighted by molar-refractivity contribution is -0.200. The Kier molecular flexibility index (Phi) is 4.96. The van der Waals surface area contributed by atoms with E-state index in [1.54, 1.807) is 6.26 Å². The van der Waals surface area contributed by atoms with Crippen molar-refractivity contribution in [3.05, 3.63) is 0 Å². The lowest BCUT2D eigenvalue weighted by Crippen LogP contribution is -2.33. The quantitative estimate of drug-likeness (QED) is 0.714. The summed E-state index contributed by atoms with van der Waals surface area (Å²) in [5, 5.41) is -0.149. The molecule has 0 aliphatic carbocycles. The smallest absolute Gasteiger partial charge is 0.458 e. The summed E-state index contributed by atoms with van der Waals surface area (Å²) in [6, 6.07) is 0. The maximum atomic E-state index is 11.8. The zero-order chi connectivity index (χ0) is 12.3. The number of esters is 1. The summed E-state index contributed by atoms with van der Waals surface area (Å²) in [6.45, 7) is 5.43. The predicted molar refractivity (Wildman–Crippen MR) is 53.8 cm³/mol. The second-order valence-corrected chi connectivity index (χ2v) is 5.23. The Hall–Kier alpha value is -0.390. The van der Waals surface area contributed by atoms with Crippen LogP contribution in [0.2, 0.25) is 0 Å². The van der Waals surface area contributed by atoms with E-state index < -0.39 is 12.1 Å². The van der Waals surface area contributed by atoms with E-state index in [2.05, 4.69) is 4.74 Å². The van der Waals surface area contributed by atoms with Gasteiger partial charge in [-0.1, -0.05) is 20.8 Å². The molecular weight excluding hydrogens is 229 g/mol. The molecule has 0 heterocycles. The van der Waals surface area contributed by atoms with Crippen molar-refractivity contribution in [3.8, 4) is 0 Å². The van der Waals surface area contributed by atoms with E-state index in [0.717, 1.165) is 0 Å². The number of carbonyl (C=O) groups is 1. The van der Waals surface area contributed by atoms with Crippen LogP contribution in [0.3, 0.4) is 0 Å². The van der Waals surface area contributed by atoms with Gasteiger partial charge in [-0.05, 0) is 11.7 Å². The van der Waals surface area contributed by atoms with Gasteiger partial charge in [-0.2, -0.15) is 24.9 Å². The fourth-order valence-corrected chi connectivity index (χ4v) is 1.82. The van der Waals surface area contributed by atoms with Crippen LogP contribution in [-0.2, 0) is 9.53 Å². The Labute approximate surface area is 91.6 Å².